The quantitative estimate of drug-likeness (QED) is 0.766. The summed E-state index contributed by atoms with van der Waals surface area (Å²) in [5, 5.41) is 11.3. The summed E-state index contributed by atoms with van der Waals surface area (Å²) in [6.07, 6.45) is 1.54. The fraction of sp³-hybridized carbons (Fsp3) is 0.0769. The number of nitrogens with zero attached hydrogens (tertiary/aromatic N) is 2. The number of hydrogen-bond donors (Lipinski definition) is 1. The predicted octanol–water partition coefficient (Wildman–Crippen LogP) is 2.21. The van der Waals surface area contributed by atoms with E-state index in [2.05, 4.69) is 4.98 Å². The molecule has 0 saturated carbocycles. The molecule has 2 heterocycles. The van der Waals surface area contributed by atoms with Gasteiger partial charge in [-0.25, -0.2) is 4.98 Å². The van der Waals surface area contributed by atoms with E-state index in [4.69, 9.17) is 0 Å². The lowest BCUT2D eigenvalue weighted by Gasteiger charge is -2.05. The summed E-state index contributed by atoms with van der Waals surface area (Å²) in [6, 6.07) is 8.70. The van der Waals surface area contributed by atoms with Gasteiger partial charge in [-0.2, -0.15) is 0 Å². The van der Waals surface area contributed by atoms with E-state index in [1.165, 1.54) is 11.3 Å². The Morgan fingerprint density at radius 1 is 1.33 bits per heavy atom. The monoisotopic (exact) mass is 258 g/mol. The maximum atomic E-state index is 12.1. The zero-order valence-electron chi connectivity index (χ0n) is 9.41. The first kappa shape index (κ1) is 11.0. The lowest BCUT2D eigenvalue weighted by molar-refractivity contribution is 0.474. The molecule has 0 aliphatic rings. The summed E-state index contributed by atoms with van der Waals surface area (Å²) < 4.78 is 2.21. The van der Waals surface area contributed by atoms with Crippen LogP contribution in [0.25, 0.3) is 10.2 Å². The highest BCUT2D eigenvalue weighted by molar-refractivity contribution is 7.17. The van der Waals surface area contributed by atoms with Gasteiger partial charge in [-0.15, -0.1) is 11.3 Å². The second kappa shape index (κ2) is 4.27. The third kappa shape index (κ3) is 1.89. The predicted molar refractivity (Wildman–Crippen MR) is 71.1 cm³/mol. The maximum absolute atomic E-state index is 12.1. The summed E-state index contributed by atoms with van der Waals surface area (Å²) in [6.45, 7) is 0.411. The molecule has 0 bridgehead atoms. The summed E-state index contributed by atoms with van der Waals surface area (Å²) in [5.74, 6) is 0.200. The van der Waals surface area contributed by atoms with Gasteiger partial charge in [-0.3, -0.25) is 9.36 Å². The van der Waals surface area contributed by atoms with Crippen LogP contribution in [0.1, 0.15) is 5.56 Å². The van der Waals surface area contributed by atoms with Crippen molar-refractivity contribution in [1.82, 2.24) is 9.55 Å². The van der Waals surface area contributed by atoms with Crippen molar-refractivity contribution in [3.63, 3.8) is 0 Å². The van der Waals surface area contributed by atoms with E-state index in [9.17, 15) is 9.90 Å². The second-order valence-electron chi connectivity index (χ2n) is 3.98. The lowest BCUT2D eigenvalue weighted by Crippen LogP contribution is -2.20. The van der Waals surface area contributed by atoms with Crippen molar-refractivity contribution in [2.24, 2.45) is 0 Å². The molecule has 0 unspecified atom stereocenters. The Kier molecular flexibility index (Phi) is 2.60. The molecular weight excluding hydrogens is 248 g/mol. The van der Waals surface area contributed by atoms with E-state index >= 15 is 0 Å². The van der Waals surface area contributed by atoms with Gasteiger partial charge in [0.15, 0.2) is 0 Å². The molecule has 0 fully saturated rings. The minimum absolute atomic E-state index is 0.0432. The molecule has 1 N–H and O–H groups in total. The van der Waals surface area contributed by atoms with Crippen LogP contribution in [0.3, 0.4) is 0 Å². The van der Waals surface area contributed by atoms with Crippen molar-refractivity contribution in [1.29, 1.82) is 0 Å². The maximum Gasteiger partial charge on any atom is 0.271 e. The van der Waals surface area contributed by atoms with Gasteiger partial charge in [0.2, 0.25) is 0 Å². The van der Waals surface area contributed by atoms with Gasteiger partial charge in [0, 0.05) is 0 Å². The first-order valence-electron chi connectivity index (χ1n) is 5.44. The largest absolute Gasteiger partial charge is 0.508 e. The molecule has 0 saturated heterocycles. The van der Waals surface area contributed by atoms with Crippen molar-refractivity contribution in [3.05, 3.63) is 58.0 Å². The average Bonchev–Trinajstić information content (AvgIpc) is 2.82. The molecule has 0 amide bonds. The topological polar surface area (TPSA) is 55.1 Å². The fourth-order valence-electron chi connectivity index (χ4n) is 1.84. The number of phenolic OH excluding ortho intramolecular Hbond substituents is 1. The van der Waals surface area contributed by atoms with Gasteiger partial charge in [0.1, 0.15) is 10.4 Å². The highest BCUT2D eigenvalue weighted by Gasteiger charge is 2.05. The Hall–Kier alpha value is -2.14. The molecule has 0 aliphatic carbocycles. The second-order valence-corrected chi connectivity index (χ2v) is 4.90. The molecule has 3 aromatic rings. The molecule has 0 atom stereocenters. The first-order valence-corrected chi connectivity index (χ1v) is 6.32. The number of hydrogen-bond acceptors (Lipinski definition) is 4. The Labute approximate surface area is 107 Å². The van der Waals surface area contributed by atoms with Crippen LogP contribution < -0.4 is 5.56 Å². The van der Waals surface area contributed by atoms with Crippen LogP contribution >= 0.6 is 11.3 Å². The van der Waals surface area contributed by atoms with Crippen LogP contribution in [0, 0.1) is 0 Å². The standard InChI is InChI=1S/C13H10N2O2S/c16-10-3-1-2-9(6-10)7-15-8-14-11-4-5-18-12(11)13(15)17/h1-6,8,16H,7H2. The summed E-state index contributed by atoms with van der Waals surface area (Å²) in [7, 11) is 0. The van der Waals surface area contributed by atoms with Crippen LogP contribution in [0.4, 0.5) is 0 Å². The van der Waals surface area contributed by atoms with Gasteiger partial charge < -0.3 is 5.11 Å². The van der Waals surface area contributed by atoms with Crippen LogP contribution in [0.15, 0.2) is 46.8 Å². The van der Waals surface area contributed by atoms with Crippen molar-refractivity contribution >= 4 is 21.6 Å². The average molecular weight is 258 g/mol. The molecule has 0 aliphatic heterocycles. The van der Waals surface area contributed by atoms with Crippen molar-refractivity contribution in [2.75, 3.05) is 0 Å². The fourth-order valence-corrected chi connectivity index (χ4v) is 2.64. The highest BCUT2D eigenvalue weighted by Crippen LogP contribution is 2.15. The molecule has 0 radical (unpaired) electrons. The molecule has 3 rings (SSSR count). The van der Waals surface area contributed by atoms with E-state index in [1.807, 2.05) is 17.5 Å². The Morgan fingerprint density at radius 2 is 2.22 bits per heavy atom. The number of benzene rings is 1. The number of thiophene rings is 1. The van der Waals surface area contributed by atoms with Gasteiger partial charge >= 0.3 is 0 Å². The number of fused-ring (bicyclic) bond motifs is 1. The van der Waals surface area contributed by atoms with Crippen molar-refractivity contribution < 1.29 is 5.11 Å². The Balaban J connectivity index is 2.05. The van der Waals surface area contributed by atoms with E-state index in [0.29, 0.717) is 11.2 Å². The Bertz CT molecular complexity index is 761. The van der Waals surface area contributed by atoms with Crippen LogP contribution in [0.2, 0.25) is 0 Å². The van der Waals surface area contributed by atoms with Crippen LogP contribution in [-0.2, 0) is 6.54 Å². The van der Waals surface area contributed by atoms with Crippen molar-refractivity contribution in [2.45, 2.75) is 6.54 Å². The molecular formula is C13H10N2O2S. The van der Waals surface area contributed by atoms with Gasteiger partial charge in [-0.1, -0.05) is 12.1 Å². The normalized spacial score (nSPS) is 10.9. The highest BCUT2D eigenvalue weighted by atomic mass is 32.1. The number of aromatic nitrogens is 2. The van der Waals surface area contributed by atoms with E-state index in [-0.39, 0.29) is 11.3 Å². The minimum atomic E-state index is -0.0432. The van der Waals surface area contributed by atoms with E-state index in [0.717, 1.165) is 11.1 Å². The van der Waals surface area contributed by atoms with E-state index < -0.39 is 0 Å². The first-order chi connectivity index (χ1) is 8.74. The lowest BCUT2D eigenvalue weighted by atomic mass is 10.2. The molecule has 18 heavy (non-hydrogen) atoms. The van der Waals surface area contributed by atoms with Gasteiger partial charge in [-0.05, 0) is 29.1 Å². The Morgan fingerprint density at radius 3 is 3.06 bits per heavy atom. The molecule has 4 nitrogen and oxygen atoms in total. The molecule has 2 aromatic heterocycles. The minimum Gasteiger partial charge on any atom is -0.508 e. The molecule has 5 heteroatoms. The summed E-state index contributed by atoms with van der Waals surface area (Å²) >= 11 is 1.40. The zero-order valence-corrected chi connectivity index (χ0v) is 10.2. The van der Waals surface area contributed by atoms with Crippen molar-refractivity contribution in [3.8, 4) is 5.75 Å². The molecule has 90 valence electrons. The zero-order chi connectivity index (χ0) is 12.5. The smallest absolute Gasteiger partial charge is 0.271 e. The summed E-state index contributed by atoms with van der Waals surface area (Å²) in [5.41, 5.74) is 1.56. The van der Waals surface area contributed by atoms with Gasteiger partial charge in [0.25, 0.3) is 5.56 Å². The van der Waals surface area contributed by atoms with Crippen LogP contribution in [-0.4, -0.2) is 14.7 Å². The number of rotatable bonds is 2. The number of phenols is 1. The summed E-state index contributed by atoms with van der Waals surface area (Å²) in [4.78, 5) is 16.4. The molecule has 1 aromatic carbocycles. The van der Waals surface area contributed by atoms with Crippen LogP contribution in [0.5, 0.6) is 5.75 Å². The third-order valence-electron chi connectivity index (χ3n) is 2.70. The van der Waals surface area contributed by atoms with Gasteiger partial charge in [0.05, 0.1) is 18.4 Å². The SMILES string of the molecule is O=c1c2sccc2ncn1Cc1cccc(O)c1. The third-order valence-corrected chi connectivity index (χ3v) is 3.59. The number of aromatic hydroxyl groups is 1. The van der Waals surface area contributed by atoms with E-state index in [1.54, 1.807) is 29.1 Å². The molecule has 0 spiro atoms.